The Balaban J connectivity index is 1.25. The zero-order valence-electron chi connectivity index (χ0n) is 20.2. The summed E-state index contributed by atoms with van der Waals surface area (Å²) in [5.41, 5.74) is 0.179. The van der Waals surface area contributed by atoms with Gasteiger partial charge in [-0.3, -0.25) is 9.48 Å². The number of Topliss-reactive ketones (excluding diaryl/α,β-unsaturated/α-hetero) is 1. The van der Waals surface area contributed by atoms with E-state index in [1.54, 1.807) is 17.1 Å². The Labute approximate surface area is 197 Å². The predicted molar refractivity (Wildman–Crippen MR) is 125 cm³/mol. The average molecular weight is 450 g/mol. The van der Waals surface area contributed by atoms with Gasteiger partial charge in [-0.1, -0.05) is 6.92 Å². The quantitative estimate of drug-likeness (QED) is 0.703. The van der Waals surface area contributed by atoms with Gasteiger partial charge in [0.1, 0.15) is 6.07 Å². The molecule has 1 N–H and O–H groups in total. The molecule has 0 bridgehead atoms. The lowest BCUT2D eigenvalue weighted by Gasteiger charge is -2.57. The molecule has 5 aliphatic rings. The van der Waals surface area contributed by atoms with Gasteiger partial charge in [0.15, 0.2) is 5.78 Å². The molecule has 1 unspecified atom stereocenters. The largest absolute Gasteiger partial charge is 0.390 e. The van der Waals surface area contributed by atoms with Gasteiger partial charge in [-0.05, 0) is 118 Å². The van der Waals surface area contributed by atoms with E-state index >= 15 is 0 Å². The maximum Gasteiger partial charge on any atom is 0.157 e. The summed E-state index contributed by atoms with van der Waals surface area (Å²) in [4.78, 5) is 13.6. The Morgan fingerprint density at radius 2 is 1.85 bits per heavy atom. The summed E-state index contributed by atoms with van der Waals surface area (Å²) >= 11 is 0. The number of carbonyl (C=O) groups is 1. The lowest BCUT2D eigenvalue weighted by Crippen LogP contribution is -2.52. The minimum Gasteiger partial charge on any atom is -0.390 e. The molecular weight excluding hydrogens is 410 g/mol. The van der Waals surface area contributed by atoms with Crippen LogP contribution < -0.4 is 0 Å². The van der Waals surface area contributed by atoms with Gasteiger partial charge < -0.3 is 5.11 Å². The number of nitriles is 1. The van der Waals surface area contributed by atoms with Crippen molar-refractivity contribution < 1.29 is 9.90 Å². The van der Waals surface area contributed by atoms with Crippen LogP contribution in [0, 0.1) is 64.1 Å². The van der Waals surface area contributed by atoms with Crippen molar-refractivity contribution in [2.24, 2.45) is 52.8 Å². The minimum atomic E-state index is -0.462. The van der Waals surface area contributed by atoms with Crippen LogP contribution in [0.4, 0.5) is 0 Å². The third kappa shape index (κ3) is 3.59. The molecule has 0 spiro atoms. The second-order valence-corrected chi connectivity index (χ2v) is 12.9. The van der Waals surface area contributed by atoms with Crippen molar-refractivity contribution in [3.05, 3.63) is 18.0 Å². The molecule has 5 heteroatoms. The number of rotatable bonds is 4. The van der Waals surface area contributed by atoms with Crippen LogP contribution in [-0.4, -0.2) is 26.3 Å². The number of hydrogen-bond acceptors (Lipinski definition) is 4. The van der Waals surface area contributed by atoms with Crippen molar-refractivity contribution in [2.45, 2.75) is 90.2 Å². The maximum atomic E-state index is 13.6. The van der Waals surface area contributed by atoms with Crippen LogP contribution >= 0.6 is 0 Å². The highest BCUT2D eigenvalue weighted by Gasteiger charge is 2.63. The molecule has 33 heavy (non-hydrogen) atoms. The summed E-state index contributed by atoms with van der Waals surface area (Å²) in [5.74, 6) is 5.77. The van der Waals surface area contributed by atoms with Crippen LogP contribution in [0.15, 0.2) is 12.4 Å². The van der Waals surface area contributed by atoms with Crippen LogP contribution in [0.25, 0.3) is 0 Å². The van der Waals surface area contributed by atoms with E-state index in [-0.39, 0.29) is 11.3 Å². The first-order valence-electron chi connectivity index (χ1n) is 13.5. The van der Waals surface area contributed by atoms with Crippen LogP contribution in [0.5, 0.6) is 0 Å². The first-order chi connectivity index (χ1) is 15.8. The first-order valence-corrected chi connectivity index (χ1v) is 13.5. The van der Waals surface area contributed by atoms with E-state index in [9.17, 15) is 9.90 Å². The van der Waals surface area contributed by atoms with E-state index in [1.807, 2.05) is 6.92 Å². The van der Waals surface area contributed by atoms with Gasteiger partial charge in [0.2, 0.25) is 0 Å². The Kier molecular flexibility index (Phi) is 5.07. The molecule has 5 nitrogen and oxygen atoms in total. The Bertz CT molecular complexity index is 972. The van der Waals surface area contributed by atoms with E-state index < -0.39 is 5.60 Å². The zero-order chi connectivity index (χ0) is 23.0. The Hall–Kier alpha value is -1.67. The van der Waals surface area contributed by atoms with Gasteiger partial charge in [0.25, 0.3) is 0 Å². The highest BCUT2D eigenvalue weighted by Crippen LogP contribution is 2.69. The SMILES string of the molecule is C[C@@]1(O)CC[C@H]2[C@H](CC[C@@H]3[C@@H]2CC[C@]2(C)[C@@H](C(=O)Cn4cc(C#N)cn4)CC(C4CC4)[C@@H]32)C1. The summed E-state index contributed by atoms with van der Waals surface area (Å²) < 4.78 is 1.68. The Morgan fingerprint density at radius 3 is 2.58 bits per heavy atom. The number of carbonyl (C=O) groups excluding carboxylic acids is 1. The molecular formula is C28H39N3O2. The lowest BCUT2D eigenvalue weighted by molar-refractivity contribution is -0.134. The molecule has 1 heterocycles. The molecule has 0 aliphatic heterocycles. The average Bonchev–Trinajstić information content (AvgIpc) is 3.43. The molecule has 5 aliphatic carbocycles. The molecule has 6 rings (SSSR count). The number of aromatic nitrogens is 2. The molecule has 5 fully saturated rings. The maximum absolute atomic E-state index is 13.6. The van der Waals surface area contributed by atoms with Gasteiger partial charge in [-0.15, -0.1) is 0 Å². The summed E-state index contributed by atoms with van der Waals surface area (Å²) in [7, 11) is 0. The molecule has 178 valence electrons. The third-order valence-corrected chi connectivity index (χ3v) is 11.0. The normalized spacial score (nSPS) is 46.7. The van der Waals surface area contributed by atoms with Crippen LogP contribution in [0.1, 0.15) is 83.6 Å². The molecule has 5 saturated carbocycles. The summed E-state index contributed by atoms with van der Waals surface area (Å²) in [6, 6.07) is 2.12. The molecule has 9 atom stereocenters. The fraction of sp³-hybridized carbons (Fsp3) is 0.821. The summed E-state index contributed by atoms with van der Waals surface area (Å²) in [6.45, 7) is 4.81. The molecule has 1 aromatic heterocycles. The lowest BCUT2D eigenvalue weighted by atomic mass is 9.48. The van der Waals surface area contributed by atoms with Crippen molar-refractivity contribution in [2.75, 3.05) is 0 Å². The zero-order valence-corrected chi connectivity index (χ0v) is 20.2. The number of nitrogens with zero attached hydrogens (tertiary/aromatic N) is 3. The van der Waals surface area contributed by atoms with E-state index in [2.05, 4.69) is 18.1 Å². The first kappa shape index (κ1) is 21.8. The van der Waals surface area contributed by atoms with Crippen molar-refractivity contribution in [3.8, 4) is 6.07 Å². The van der Waals surface area contributed by atoms with E-state index in [1.165, 1.54) is 44.9 Å². The van der Waals surface area contributed by atoms with Crippen LogP contribution in [0.3, 0.4) is 0 Å². The number of hydrogen-bond donors (Lipinski definition) is 1. The second kappa shape index (κ2) is 7.67. The van der Waals surface area contributed by atoms with Gasteiger partial charge in [0, 0.05) is 12.1 Å². The number of fused-ring (bicyclic) bond motifs is 5. The number of ketones is 1. The van der Waals surface area contributed by atoms with E-state index in [0.717, 1.165) is 42.9 Å². The highest BCUT2D eigenvalue weighted by atomic mass is 16.3. The van der Waals surface area contributed by atoms with Crippen molar-refractivity contribution >= 4 is 5.78 Å². The predicted octanol–water partition coefficient (Wildman–Crippen LogP) is 4.98. The topological polar surface area (TPSA) is 78.9 Å². The van der Waals surface area contributed by atoms with Gasteiger partial charge in [-0.2, -0.15) is 10.4 Å². The fourth-order valence-corrected chi connectivity index (χ4v) is 9.54. The van der Waals surface area contributed by atoms with Crippen LogP contribution in [0.2, 0.25) is 0 Å². The van der Waals surface area contributed by atoms with Gasteiger partial charge in [-0.25, -0.2) is 0 Å². The molecule has 0 saturated heterocycles. The van der Waals surface area contributed by atoms with Crippen molar-refractivity contribution in [1.82, 2.24) is 9.78 Å². The molecule has 0 aromatic carbocycles. The van der Waals surface area contributed by atoms with E-state index in [0.29, 0.717) is 35.6 Å². The second-order valence-electron chi connectivity index (χ2n) is 12.9. The smallest absolute Gasteiger partial charge is 0.157 e. The van der Waals surface area contributed by atoms with E-state index in [4.69, 9.17) is 5.26 Å². The summed E-state index contributed by atoms with van der Waals surface area (Å²) in [6.07, 6.45) is 15.2. The number of aliphatic hydroxyl groups is 1. The van der Waals surface area contributed by atoms with Gasteiger partial charge >= 0.3 is 0 Å². The van der Waals surface area contributed by atoms with Crippen LogP contribution in [-0.2, 0) is 11.3 Å². The minimum absolute atomic E-state index is 0.115. The highest BCUT2D eigenvalue weighted by molar-refractivity contribution is 5.82. The molecule has 0 amide bonds. The summed E-state index contributed by atoms with van der Waals surface area (Å²) in [5, 5.41) is 24.1. The fourth-order valence-electron chi connectivity index (χ4n) is 9.54. The monoisotopic (exact) mass is 449 g/mol. The molecule has 1 aromatic rings. The van der Waals surface area contributed by atoms with Crippen molar-refractivity contribution in [3.63, 3.8) is 0 Å². The third-order valence-electron chi connectivity index (χ3n) is 11.0. The van der Waals surface area contributed by atoms with Crippen molar-refractivity contribution in [1.29, 1.82) is 5.26 Å². The van der Waals surface area contributed by atoms with Gasteiger partial charge in [0.05, 0.1) is 23.9 Å². The Morgan fingerprint density at radius 1 is 1.09 bits per heavy atom. The molecule has 0 radical (unpaired) electrons. The standard InChI is InChI=1S/C28H39N3O2/c1-27(33)9-7-20-19(12-27)5-6-22-21(20)8-10-28(2)24(11-23(26(22)28)18-3-4-18)25(32)16-31-15-17(13-29)14-30-31/h14-15,18-24,26,33H,3-12,16H2,1-2H3/t19-,20+,21-,22-,23?,24-,26-,27-,28-/m1/s1.